The van der Waals surface area contributed by atoms with Crippen molar-refractivity contribution in [3.63, 3.8) is 0 Å². The van der Waals surface area contributed by atoms with E-state index in [9.17, 15) is 4.57 Å². The van der Waals surface area contributed by atoms with Crippen LogP contribution in [0.4, 0.5) is 0 Å². The Kier molecular flexibility index (Phi) is 5.10. The van der Waals surface area contributed by atoms with Crippen LogP contribution >= 0.6 is 7.82 Å². The molecule has 13 heavy (non-hydrogen) atoms. The van der Waals surface area contributed by atoms with Crippen molar-refractivity contribution in [1.29, 1.82) is 0 Å². The Morgan fingerprint density at radius 1 is 1.31 bits per heavy atom. The van der Waals surface area contributed by atoms with E-state index in [4.69, 9.17) is 14.5 Å². The molecule has 0 aromatic heterocycles. The highest BCUT2D eigenvalue weighted by Gasteiger charge is 2.14. The van der Waals surface area contributed by atoms with Gasteiger partial charge in [0, 0.05) is 6.61 Å². The second-order valence-electron chi connectivity index (χ2n) is 3.96. The average molecular weight is 212 g/mol. The van der Waals surface area contributed by atoms with Gasteiger partial charge in [0.15, 0.2) is 6.79 Å². The van der Waals surface area contributed by atoms with E-state index in [1.165, 1.54) is 0 Å². The van der Waals surface area contributed by atoms with Crippen molar-refractivity contribution in [3.8, 4) is 0 Å². The lowest BCUT2D eigenvalue weighted by molar-refractivity contribution is -0.0101. The molecule has 0 spiro atoms. The number of hydrogen-bond acceptors (Lipinski definition) is 3. The van der Waals surface area contributed by atoms with Crippen molar-refractivity contribution in [3.05, 3.63) is 0 Å². The number of rotatable bonds is 5. The summed E-state index contributed by atoms with van der Waals surface area (Å²) in [5, 5.41) is 0. The van der Waals surface area contributed by atoms with Gasteiger partial charge < -0.3 is 14.5 Å². The summed E-state index contributed by atoms with van der Waals surface area (Å²) in [6.45, 7) is 6.24. The number of phosphoric acid groups is 1. The largest absolute Gasteiger partial charge is 0.471 e. The maximum atomic E-state index is 10.2. The fourth-order valence-electron chi connectivity index (χ4n) is 0.543. The van der Waals surface area contributed by atoms with Crippen LogP contribution in [0, 0.1) is 5.41 Å². The van der Waals surface area contributed by atoms with Crippen LogP contribution < -0.4 is 0 Å². The normalized spacial score (nSPS) is 13.3. The predicted molar refractivity (Wildman–Crippen MR) is 48.0 cm³/mol. The zero-order chi connectivity index (χ0) is 10.5. The second-order valence-corrected chi connectivity index (χ2v) is 5.20. The molecule has 0 aliphatic rings. The van der Waals surface area contributed by atoms with Crippen LogP contribution in [-0.2, 0) is 13.8 Å². The molecule has 0 aromatic rings. The highest BCUT2D eigenvalue weighted by molar-refractivity contribution is 7.46. The summed E-state index contributed by atoms with van der Waals surface area (Å²) < 4.78 is 19.1. The predicted octanol–water partition coefficient (Wildman–Crippen LogP) is 1.51. The third-order valence-corrected chi connectivity index (χ3v) is 1.74. The minimum absolute atomic E-state index is 0.155. The molecule has 0 aliphatic heterocycles. The minimum atomic E-state index is -4.37. The smallest absolute Gasteiger partial charge is 0.355 e. The topological polar surface area (TPSA) is 76.0 Å². The number of hydrogen-bond donors (Lipinski definition) is 2. The molecule has 0 saturated heterocycles. The SMILES string of the molecule is CC(C)(C)CCOCOP(=O)(O)O. The van der Waals surface area contributed by atoms with E-state index in [-0.39, 0.29) is 12.2 Å². The van der Waals surface area contributed by atoms with Crippen LogP contribution in [-0.4, -0.2) is 23.2 Å². The molecule has 0 rings (SSSR count). The van der Waals surface area contributed by atoms with Gasteiger partial charge in [0.2, 0.25) is 0 Å². The molecule has 6 heteroatoms. The lowest BCUT2D eigenvalue weighted by atomic mass is 9.93. The first kappa shape index (κ1) is 13.1. The lowest BCUT2D eigenvalue weighted by Crippen LogP contribution is -2.10. The third-order valence-electron chi connectivity index (χ3n) is 1.30. The monoisotopic (exact) mass is 212 g/mol. The van der Waals surface area contributed by atoms with E-state index in [1.54, 1.807) is 0 Å². The van der Waals surface area contributed by atoms with E-state index >= 15 is 0 Å². The van der Waals surface area contributed by atoms with Gasteiger partial charge in [-0.2, -0.15) is 0 Å². The van der Waals surface area contributed by atoms with E-state index in [1.807, 2.05) is 0 Å². The Hall–Kier alpha value is 0.0700. The third kappa shape index (κ3) is 12.1. The van der Waals surface area contributed by atoms with Gasteiger partial charge in [-0.05, 0) is 11.8 Å². The number of ether oxygens (including phenoxy) is 1. The summed E-state index contributed by atoms with van der Waals surface area (Å²) in [6.07, 6.45) is 0.817. The Morgan fingerprint density at radius 3 is 2.23 bits per heavy atom. The summed E-state index contributed by atoms with van der Waals surface area (Å²) in [5.74, 6) is 0. The standard InChI is InChI=1S/C7H17O5P/c1-7(2,3)4-5-11-6-12-13(8,9)10/h4-6H2,1-3H3,(H2,8,9,10). The quantitative estimate of drug-likeness (QED) is 0.410. The molecule has 0 heterocycles. The maximum Gasteiger partial charge on any atom is 0.471 e. The zero-order valence-electron chi connectivity index (χ0n) is 8.19. The van der Waals surface area contributed by atoms with Crippen LogP contribution in [0.1, 0.15) is 27.2 Å². The highest BCUT2D eigenvalue weighted by atomic mass is 31.2. The zero-order valence-corrected chi connectivity index (χ0v) is 9.08. The molecule has 2 N–H and O–H groups in total. The Morgan fingerprint density at radius 2 is 1.85 bits per heavy atom. The van der Waals surface area contributed by atoms with Crippen molar-refractivity contribution in [2.45, 2.75) is 27.2 Å². The van der Waals surface area contributed by atoms with Gasteiger partial charge in [0.25, 0.3) is 0 Å². The van der Waals surface area contributed by atoms with Gasteiger partial charge in [0.05, 0.1) is 0 Å². The van der Waals surface area contributed by atoms with Gasteiger partial charge in [-0.15, -0.1) is 0 Å². The molecule has 0 unspecified atom stereocenters. The lowest BCUT2D eigenvalue weighted by Gasteiger charge is -2.17. The van der Waals surface area contributed by atoms with Gasteiger partial charge in [-0.3, -0.25) is 4.52 Å². The van der Waals surface area contributed by atoms with E-state index in [0.717, 1.165) is 6.42 Å². The summed E-state index contributed by atoms with van der Waals surface area (Å²) in [5.41, 5.74) is 0.155. The highest BCUT2D eigenvalue weighted by Crippen LogP contribution is 2.35. The molecule has 0 bridgehead atoms. The molecule has 0 saturated carbocycles. The summed E-state index contributed by atoms with van der Waals surface area (Å²) in [4.78, 5) is 16.6. The van der Waals surface area contributed by atoms with E-state index in [0.29, 0.717) is 6.61 Å². The summed E-state index contributed by atoms with van der Waals surface area (Å²) in [6, 6.07) is 0. The average Bonchev–Trinajstić information content (AvgIpc) is 1.81. The first-order valence-electron chi connectivity index (χ1n) is 3.98. The number of phosphoric ester groups is 1. The first-order valence-corrected chi connectivity index (χ1v) is 5.52. The van der Waals surface area contributed by atoms with Gasteiger partial charge in [0.1, 0.15) is 0 Å². The molecule has 5 nitrogen and oxygen atoms in total. The van der Waals surface area contributed by atoms with Crippen LogP contribution in [0.25, 0.3) is 0 Å². The van der Waals surface area contributed by atoms with Crippen LogP contribution in [0.5, 0.6) is 0 Å². The summed E-state index contributed by atoms with van der Waals surface area (Å²) in [7, 11) is -4.37. The van der Waals surface area contributed by atoms with Crippen molar-refractivity contribution < 1.29 is 23.6 Å². The molecule has 0 radical (unpaired) electrons. The van der Waals surface area contributed by atoms with Gasteiger partial charge >= 0.3 is 7.82 Å². The second kappa shape index (κ2) is 5.08. The van der Waals surface area contributed by atoms with Gasteiger partial charge in [-0.1, -0.05) is 20.8 Å². The van der Waals surface area contributed by atoms with Crippen LogP contribution in [0.2, 0.25) is 0 Å². The minimum Gasteiger partial charge on any atom is -0.355 e. The van der Waals surface area contributed by atoms with Crippen molar-refractivity contribution in [2.24, 2.45) is 5.41 Å². The van der Waals surface area contributed by atoms with Crippen molar-refractivity contribution in [2.75, 3.05) is 13.4 Å². The Labute approximate surface area is 78.3 Å². The maximum absolute atomic E-state index is 10.2. The van der Waals surface area contributed by atoms with Gasteiger partial charge in [-0.25, -0.2) is 4.57 Å². The Bertz CT molecular complexity index is 180. The molecule has 0 fully saturated rings. The summed E-state index contributed by atoms with van der Waals surface area (Å²) >= 11 is 0. The molecular formula is C7H17O5P. The van der Waals surface area contributed by atoms with E-state index < -0.39 is 7.82 Å². The molecular weight excluding hydrogens is 195 g/mol. The molecule has 0 aliphatic carbocycles. The molecule has 0 aromatic carbocycles. The van der Waals surface area contributed by atoms with Crippen LogP contribution in [0.15, 0.2) is 0 Å². The fraction of sp³-hybridized carbons (Fsp3) is 1.00. The van der Waals surface area contributed by atoms with Crippen molar-refractivity contribution >= 4 is 7.82 Å². The van der Waals surface area contributed by atoms with Crippen LogP contribution in [0.3, 0.4) is 0 Å². The first-order chi connectivity index (χ1) is 5.71. The molecule has 80 valence electrons. The van der Waals surface area contributed by atoms with E-state index in [2.05, 4.69) is 25.3 Å². The fourth-order valence-corrected chi connectivity index (χ4v) is 0.755. The molecule has 0 amide bonds. The Balaban J connectivity index is 3.33. The van der Waals surface area contributed by atoms with Crippen molar-refractivity contribution in [1.82, 2.24) is 0 Å². The molecule has 0 atom stereocenters.